The van der Waals surface area contributed by atoms with E-state index in [0.29, 0.717) is 23.6 Å². The minimum Gasteiger partial charge on any atom is -0.438 e. The van der Waals surface area contributed by atoms with Crippen molar-refractivity contribution in [3.05, 3.63) is 89.1 Å². The molecule has 2 aliphatic heterocycles. The van der Waals surface area contributed by atoms with Crippen LogP contribution in [0.25, 0.3) is 0 Å². The molecule has 3 atom stereocenters. The molecule has 8 nitrogen and oxygen atoms in total. The fraction of sp³-hybridized carbons (Fsp3) is 0.231. The van der Waals surface area contributed by atoms with Gasteiger partial charge < -0.3 is 20.3 Å². The van der Waals surface area contributed by atoms with Crippen molar-refractivity contribution >= 4 is 29.3 Å². The standard InChI is InChI=1S/C26H23ClN4O4/c27-17-8-10-19(11-9-17)35-25-20(7-4-12-28-25)23(32)29-18-14-22-24(33)30-21(26(34)31(22)15-18)13-16-5-2-1-3-6-16/h1-12,18,21-22H,13-15H2,(H,29,32)(H,30,33)/t18-,21+,22-/m0/s1. The molecule has 0 spiro atoms. The molecule has 0 unspecified atom stereocenters. The quantitative estimate of drug-likeness (QED) is 0.553. The van der Waals surface area contributed by atoms with Gasteiger partial charge in [0.1, 0.15) is 23.4 Å². The number of hydrogen-bond acceptors (Lipinski definition) is 5. The van der Waals surface area contributed by atoms with Gasteiger partial charge >= 0.3 is 0 Å². The highest BCUT2D eigenvalue weighted by atomic mass is 35.5. The second kappa shape index (κ2) is 9.76. The maximum absolute atomic E-state index is 13.1. The summed E-state index contributed by atoms with van der Waals surface area (Å²) in [7, 11) is 0. The van der Waals surface area contributed by atoms with Gasteiger partial charge in [0.2, 0.25) is 17.7 Å². The third-order valence-corrected chi connectivity index (χ3v) is 6.42. The SMILES string of the molecule is O=C(N[C@H]1C[C@H]2C(=O)N[C@H](Cc3ccccc3)C(=O)N2C1)c1cccnc1Oc1ccc(Cl)cc1. The summed E-state index contributed by atoms with van der Waals surface area (Å²) in [5.41, 5.74) is 1.23. The van der Waals surface area contributed by atoms with E-state index < -0.39 is 12.1 Å². The predicted molar refractivity (Wildman–Crippen MR) is 129 cm³/mol. The van der Waals surface area contributed by atoms with E-state index >= 15 is 0 Å². The summed E-state index contributed by atoms with van der Waals surface area (Å²) in [4.78, 5) is 44.7. The minimum absolute atomic E-state index is 0.136. The number of piperazine rings is 1. The lowest BCUT2D eigenvalue weighted by atomic mass is 10.0. The number of halogens is 1. The number of nitrogens with zero attached hydrogens (tertiary/aromatic N) is 2. The maximum atomic E-state index is 13.1. The Morgan fingerprint density at radius 2 is 1.86 bits per heavy atom. The number of carbonyl (C=O) groups is 3. The maximum Gasteiger partial charge on any atom is 0.257 e. The first-order valence-electron chi connectivity index (χ1n) is 11.3. The largest absolute Gasteiger partial charge is 0.438 e. The van der Waals surface area contributed by atoms with E-state index in [-0.39, 0.29) is 41.8 Å². The number of amides is 3. The number of benzene rings is 2. The highest BCUT2D eigenvalue weighted by molar-refractivity contribution is 6.30. The number of pyridine rings is 1. The predicted octanol–water partition coefficient (Wildman–Crippen LogP) is 2.97. The Morgan fingerprint density at radius 1 is 1.09 bits per heavy atom. The number of ether oxygens (including phenoxy) is 1. The Morgan fingerprint density at radius 3 is 2.63 bits per heavy atom. The second-order valence-electron chi connectivity index (χ2n) is 8.58. The van der Waals surface area contributed by atoms with E-state index in [1.807, 2.05) is 30.3 Å². The van der Waals surface area contributed by atoms with Crippen LogP contribution in [-0.2, 0) is 16.0 Å². The summed E-state index contributed by atoms with van der Waals surface area (Å²) < 4.78 is 5.79. The molecule has 1 aromatic heterocycles. The lowest BCUT2D eigenvalue weighted by Gasteiger charge is -2.34. The van der Waals surface area contributed by atoms with Gasteiger partial charge in [0.15, 0.2) is 0 Å². The Kier molecular flexibility index (Phi) is 6.37. The van der Waals surface area contributed by atoms with E-state index in [9.17, 15) is 14.4 Å². The van der Waals surface area contributed by atoms with Gasteiger partial charge in [-0.05, 0) is 48.4 Å². The van der Waals surface area contributed by atoms with Gasteiger partial charge in [-0.3, -0.25) is 14.4 Å². The average Bonchev–Trinajstić information content (AvgIpc) is 3.29. The topological polar surface area (TPSA) is 101 Å². The van der Waals surface area contributed by atoms with Crippen molar-refractivity contribution in [2.75, 3.05) is 6.54 Å². The van der Waals surface area contributed by atoms with Gasteiger partial charge in [-0.2, -0.15) is 0 Å². The molecule has 9 heteroatoms. The Bertz CT molecular complexity index is 1250. The molecule has 178 valence electrons. The lowest BCUT2D eigenvalue weighted by molar-refractivity contribution is -0.147. The van der Waals surface area contributed by atoms with Gasteiger partial charge in [0.05, 0.1) is 0 Å². The third-order valence-electron chi connectivity index (χ3n) is 6.16. The molecule has 2 aliphatic rings. The first-order valence-corrected chi connectivity index (χ1v) is 11.7. The number of nitrogens with one attached hydrogen (secondary N) is 2. The summed E-state index contributed by atoms with van der Waals surface area (Å²) in [5, 5.41) is 6.36. The molecule has 0 saturated carbocycles. The van der Waals surface area contributed by atoms with E-state index in [0.717, 1.165) is 5.56 Å². The highest BCUT2D eigenvalue weighted by Gasteiger charge is 2.46. The third kappa shape index (κ3) is 4.97. The molecule has 35 heavy (non-hydrogen) atoms. The fourth-order valence-electron chi connectivity index (χ4n) is 4.47. The normalized spacial score (nSPS) is 21.3. The molecule has 2 N–H and O–H groups in total. The van der Waals surface area contributed by atoms with Crippen LogP contribution in [0.5, 0.6) is 11.6 Å². The van der Waals surface area contributed by atoms with E-state index in [4.69, 9.17) is 16.3 Å². The summed E-state index contributed by atoms with van der Waals surface area (Å²) in [5.74, 6) is -0.0778. The summed E-state index contributed by atoms with van der Waals surface area (Å²) in [6, 6.07) is 18.0. The van der Waals surface area contributed by atoms with Crippen molar-refractivity contribution in [1.29, 1.82) is 0 Å². The Labute approximate surface area is 207 Å². The van der Waals surface area contributed by atoms with Crippen molar-refractivity contribution < 1.29 is 19.1 Å². The molecule has 2 saturated heterocycles. The van der Waals surface area contributed by atoms with E-state index in [1.165, 1.54) is 6.20 Å². The number of hydrogen-bond donors (Lipinski definition) is 2. The molecule has 0 bridgehead atoms. The molecule has 5 rings (SSSR count). The van der Waals surface area contributed by atoms with Gasteiger partial charge in [-0.15, -0.1) is 0 Å². The molecule has 2 fully saturated rings. The van der Waals surface area contributed by atoms with Crippen LogP contribution in [0.4, 0.5) is 0 Å². The lowest BCUT2D eigenvalue weighted by Crippen LogP contribution is -2.61. The van der Waals surface area contributed by atoms with Gasteiger partial charge in [0, 0.05) is 30.2 Å². The van der Waals surface area contributed by atoms with Gasteiger partial charge in [-0.1, -0.05) is 41.9 Å². The summed E-state index contributed by atoms with van der Waals surface area (Å²) >= 11 is 5.92. The summed E-state index contributed by atoms with van der Waals surface area (Å²) in [6.45, 7) is 0.265. The first kappa shape index (κ1) is 22.9. The van der Waals surface area contributed by atoms with Crippen LogP contribution in [0.3, 0.4) is 0 Å². The minimum atomic E-state index is -0.617. The van der Waals surface area contributed by atoms with Crippen LogP contribution in [-0.4, -0.2) is 52.3 Å². The number of fused-ring (bicyclic) bond motifs is 1. The number of aromatic nitrogens is 1. The van der Waals surface area contributed by atoms with E-state index in [1.54, 1.807) is 41.3 Å². The molecule has 0 aliphatic carbocycles. The van der Waals surface area contributed by atoms with Crippen LogP contribution in [0.2, 0.25) is 5.02 Å². The Balaban J connectivity index is 1.26. The van der Waals surface area contributed by atoms with E-state index in [2.05, 4.69) is 15.6 Å². The highest BCUT2D eigenvalue weighted by Crippen LogP contribution is 2.27. The average molecular weight is 491 g/mol. The summed E-state index contributed by atoms with van der Waals surface area (Å²) in [6.07, 6.45) is 2.30. The molecule has 2 aromatic carbocycles. The smallest absolute Gasteiger partial charge is 0.257 e. The molecule has 3 aromatic rings. The molecule has 0 radical (unpaired) electrons. The molecule has 3 heterocycles. The second-order valence-corrected chi connectivity index (χ2v) is 9.01. The number of rotatable bonds is 6. The zero-order chi connectivity index (χ0) is 24.4. The van der Waals surface area contributed by atoms with Crippen LogP contribution in [0.1, 0.15) is 22.3 Å². The van der Waals surface area contributed by atoms with Crippen molar-refractivity contribution in [2.45, 2.75) is 31.0 Å². The van der Waals surface area contributed by atoms with Crippen molar-refractivity contribution in [3.8, 4) is 11.6 Å². The van der Waals surface area contributed by atoms with Crippen LogP contribution in [0.15, 0.2) is 72.9 Å². The zero-order valence-corrected chi connectivity index (χ0v) is 19.4. The zero-order valence-electron chi connectivity index (χ0n) is 18.7. The molecule has 3 amide bonds. The van der Waals surface area contributed by atoms with Crippen LogP contribution in [0, 0.1) is 0 Å². The Hall–Kier alpha value is -3.91. The van der Waals surface area contributed by atoms with Crippen LogP contribution < -0.4 is 15.4 Å². The van der Waals surface area contributed by atoms with Crippen molar-refractivity contribution in [1.82, 2.24) is 20.5 Å². The number of carbonyl (C=O) groups excluding carboxylic acids is 3. The molecular formula is C26H23ClN4O4. The van der Waals surface area contributed by atoms with Crippen LogP contribution >= 0.6 is 11.6 Å². The van der Waals surface area contributed by atoms with Gasteiger partial charge in [0.25, 0.3) is 5.91 Å². The molecular weight excluding hydrogens is 468 g/mol. The fourth-order valence-corrected chi connectivity index (χ4v) is 4.60. The first-order chi connectivity index (χ1) is 17.0. The van der Waals surface area contributed by atoms with Gasteiger partial charge in [-0.25, -0.2) is 4.98 Å². The monoisotopic (exact) mass is 490 g/mol. The van der Waals surface area contributed by atoms with Crippen molar-refractivity contribution in [2.24, 2.45) is 0 Å². The van der Waals surface area contributed by atoms with Crippen molar-refractivity contribution in [3.63, 3.8) is 0 Å².